The monoisotopic (exact) mass is 684 g/mol. The highest BCUT2D eigenvalue weighted by molar-refractivity contribution is 6.37. The third-order valence-corrected chi connectivity index (χ3v) is 11.8. The number of para-hydroxylation sites is 3. The molecular weight excluding hydrogens is 657 g/mol. The zero-order chi connectivity index (χ0) is 35.1. The molecule has 0 atom stereocenters. The molecule has 13 rings (SSSR count). The maximum atomic E-state index is 5.52. The smallest absolute Gasteiger partial charge is 0.162 e. The largest absolute Gasteiger partial charge is 0.308 e. The minimum atomic E-state index is 0.711. The van der Waals surface area contributed by atoms with Crippen LogP contribution in [-0.4, -0.2) is 18.9 Å². The van der Waals surface area contributed by atoms with Gasteiger partial charge in [-0.05, 0) is 74.8 Å². The maximum absolute atomic E-state index is 5.52. The Bertz CT molecular complexity index is 3740. The molecule has 0 aliphatic rings. The normalized spacial score (nSPS) is 12.4. The lowest BCUT2D eigenvalue weighted by molar-refractivity contribution is 1.08. The number of fused-ring (bicyclic) bond motifs is 16. The van der Waals surface area contributed by atoms with Crippen LogP contribution in [0.4, 0.5) is 0 Å². The third kappa shape index (κ3) is 3.57. The molecular formula is C50H28N4. The minimum absolute atomic E-state index is 0.711. The van der Waals surface area contributed by atoms with Gasteiger partial charge in [0.15, 0.2) is 5.82 Å². The Balaban J connectivity index is 1.19. The molecule has 54 heavy (non-hydrogen) atoms. The topological polar surface area (TPSA) is 35.1 Å². The molecule has 0 amide bonds. The fraction of sp³-hybridized carbons (Fsp3) is 0. The van der Waals surface area contributed by atoms with Crippen LogP contribution in [-0.2, 0) is 0 Å². The summed E-state index contributed by atoms with van der Waals surface area (Å²) >= 11 is 0. The second-order valence-corrected chi connectivity index (χ2v) is 14.5. The van der Waals surface area contributed by atoms with Crippen molar-refractivity contribution in [2.24, 2.45) is 0 Å². The Hall–Kier alpha value is -7.30. The van der Waals surface area contributed by atoms with Crippen molar-refractivity contribution in [3.05, 3.63) is 170 Å². The Morgan fingerprint density at radius 3 is 1.83 bits per heavy atom. The minimum Gasteiger partial charge on any atom is -0.308 e. The van der Waals surface area contributed by atoms with Crippen molar-refractivity contribution >= 4 is 103 Å². The zero-order valence-corrected chi connectivity index (χ0v) is 29.0. The van der Waals surface area contributed by atoms with Gasteiger partial charge in [0, 0.05) is 43.3 Å². The maximum Gasteiger partial charge on any atom is 0.162 e. The van der Waals surface area contributed by atoms with Gasteiger partial charge in [0.2, 0.25) is 0 Å². The predicted molar refractivity (Wildman–Crippen MR) is 226 cm³/mol. The molecule has 0 aliphatic heterocycles. The lowest BCUT2D eigenvalue weighted by Gasteiger charge is -2.13. The molecule has 0 aliphatic carbocycles. The van der Waals surface area contributed by atoms with Gasteiger partial charge >= 0.3 is 0 Å². The van der Waals surface area contributed by atoms with E-state index in [1.54, 1.807) is 0 Å². The molecule has 0 spiro atoms. The highest BCUT2D eigenvalue weighted by Crippen LogP contribution is 2.48. The van der Waals surface area contributed by atoms with Gasteiger partial charge in [0.1, 0.15) is 5.82 Å². The second kappa shape index (κ2) is 10.2. The van der Waals surface area contributed by atoms with Gasteiger partial charge in [-0.3, -0.25) is 4.57 Å². The van der Waals surface area contributed by atoms with Crippen LogP contribution in [0.1, 0.15) is 0 Å². The molecule has 0 unspecified atom stereocenters. The van der Waals surface area contributed by atoms with Gasteiger partial charge in [0.25, 0.3) is 0 Å². The van der Waals surface area contributed by atoms with E-state index in [2.05, 4.69) is 179 Å². The Labute approximate surface area is 308 Å². The lowest BCUT2D eigenvalue weighted by Crippen LogP contribution is -2.02. The van der Waals surface area contributed by atoms with Crippen molar-refractivity contribution in [3.8, 4) is 17.2 Å². The second-order valence-electron chi connectivity index (χ2n) is 14.5. The van der Waals surface area contributed by atoms with Crippen LogP contribution in [0.25, 0.3) is 120 Å². The van der Waals surface area contributed by atoms with Crippen molar-refractivity contribution in [2.75, 3.05) is 0 Å². The highest BCUT2D eigenvalue weighted by atomic mass is 15.1. The molecule has 4 heterocycles. The fourth-order valence-electron chi connectivity index (χ4n) is 9.52. The molecule has 4 heteroatoms. The standard InChI is InChI=1S/C50H28N4/c1-3-13-33-29(11-1)21-22-31-27-32(23-25-34(31)33)49-51-40-18-8-5-15-36(40)50(52-49)54-42-20-10-6-16-37(42)46-44(54)28-39-45-35-14-4-2-12-30(35)24-26-43(45)53-41-19-9-7-17-38(41)47(46)48(39)53/h1-28H. The summed E-state index contributed by atoms with van der Waals surface area (Å²) in [6.07, 6.45) is 0. The Morgan fingerprint density at radius 2 is 0.981 bits per heavy atom. The van der Waals surface area contributed by atoms with Gasteiger partial charge < -0.3 is 4.40 Å². The molecule has 248 valence electrons. The summed E-state index contributed by atoms with van der Waals surface area (Å²) < 4.78 is 4.90. The molecule has 9 aromatic carbocycles. The van der Waals surface area contributed by atoms with Gasteiger partial charge in [-0.25, -0.2) is 9.97 Å². The van der Waals surface area contributed by atoms with Crippen molar-refractivity contribution in [1.29, 1.82) is 0 Å². The van der Waals surface area contributed by atoms with Crippen LogP contribution >= 0.6 is 0 Å². The molecule has 0 saturated heterocycles. The first-order valence-electron chi connectivity index (χ1n) is 18.5. The van der Waals surface area contributed by atoms with E-state index in [0.29, 0.717) is 5.82 Å². The SMILES string of the molecule is c1ccc2c(c1)ccc1cc(-c3nc(-n4c5ccccc5c5c6c7ccccc7n7c8ccc9ccccc9c8c(cc54)c67)c4ccccc4n3)ccc12. The van der Waals surface area contributed by atoms with Crippen molar-refractivity contribution in [3.63, 3.8) is 0 Å². The van der Waals surface area contributed by atoms with Crippen molar-refractivity contribution in [2.45, 2.75) is 0 Å². The summed E-state index contributed by atoms with van der Waals surface area (Å²) in [5.74, 6) is 1.59. The highest BCUT2D eigenvalue weighted by Gasteiger charge is 2.26. The first kappa shape index (κ1) is 28.3. The van der Waals surface area contributed by atoms with E-state index in [0.717, 1.165) is 33.3 Å². The molecule has 4 aromatic heterocycles. The summed E-state index contributed by atoms with van der Waals surface area (Å²) in [5, 5.41) is 16.0. The van der Waals surface area contributed by atoms with Gasteiger partial charge in [-0.1, -0.05) is 127 Å². The Morgan fingerprint density at radius 1 is 0.352 bits per heavy atom. The summed E-state index contributed by atoms with van der Waals surface area (Å²) in [6, 6.07) is 61.6. The molecule has 0 saturated carbocycles. The number of rotatable bonds is 2. The first-order chi connectivity index (χ1) is 26.8. The van der Waals surface area contributed by atoms with E-state index in [4.69, 9.17) is 9.97 Å². The molecule has 0 bridgehead atoms. The number of aromatic nitrogens is 4. The predicted octanol–water partition coefficient (Wildman–Crippen LogP) is 13.0. The van der Waals surface area contributed by atoms with Crippen LogP contribution in [0.5, 0.6) is 0 Å². The summed E-state index contributed by atoms with van der Waals surface area (Å²) in [5.41, 5.74) is 7.91. The summed E-state index contributed by atoms with van der Waals surface area (Å²) in [7, 11) is 0. The molecule has 0 fully saturated rings. The van der Waals surface area contributed by atoms with Gasteiger partial charge in [0.05, 0.1) is 33.1 Å². The van der Waals surface area contributed by atoms with E-state index in [-0.39, 0.29) is 0 Å². The van der Waals surface area contributed by atoms with E-state index in [1.165, 1.54) is 81.2 Å². The van der Waals surface area contributed by atoms with Crippen LogP contribution in [0.15, 0.2) is 170 Å². The first-order valence-corrected chi connectivity index (χ1v) is 18.5. The number of hydrogen-bond acceptors (Lipinski definition) is 2. The average molecular weight is 685 g/mol. The van der Waals surface area contributed by atoms with Crippen molar-refractivity contribution < 1.29 is 0 Å². The summed E-state index contributed by atoms with van der Waals surface area (Å²) in [6.45, 7) is 0. The van der Waals surface area contributed by atoms with Crippen molar-refractivity contribution in [1.82, 2.24) is 18.9 Å². The van der Waals surface area contributed by atoms with E-state index in [9.17, 15) is 0 Å². The number of benzene rings is 9. The molecule has 13 aromatic rings. The van der Waals surface area contributed by atoms with Crippen LogP contribution in [0, 0.1) is 0 Å². The van der Waals surface area contributed by atoms with Crippen LogP contribution in [0.3, 0.4) is 0 Å². The molecule has 4 nitrogen and oxygen atoms in total. The van der Waals surface area contributed by atoms with E-state index < -0.39 is 0 Å². The van der Waals surface area contributed by atoms with E-state index in [1.807, 2.05) is 0 Å². The Kier molecular flexibility index (Phi) is 5.34. The van der Waals surface area contributed by atoms with Crippen LogP contribution in [0.2, 0.25) is 0 Å². The molecule has 0 N–H and O–H groups in total. The summed E-state index contributed by atoms with van der Waals surface area (Å²) in [4.78, 5) is 10.7. The third-order valence-electron chi connectivity index (χ3n) is 11.8. The number of nitrogens with zero attached hydrogens (tertiary/aromatic N) is 4. The lowest BCUT2D eigenvalue weighted by atomic mass is 9.99. The average Bonchev–Trinajstić information content (AvgIpc) is 3.87. The molecule has 0 radical (unpaired) electrons. The van der Waals surface area contributed by atoms with Gasteiger partial charge in [-0.2, -0.15) is 0 Å². The van der Waals surface area contributed by atoms with Crippen LogP contribution < -0.4 is 0 Å². The zero-order valence-electron chi connectivity index (χ0n) is 29.0. The van der Waals surface area contributed by atoms with E-state index >= 15 is 0 Å². The number of hydrogen-bond donors (Lipinski definition) is 0. The fourth-order valence-corrected chi connectivity index (χ4v) is 9.52. The van der Waals surface area contributed by atoms with Gasteiger partial charge in [-0.15, -0.1) is 0 Å². The quantitative estimate of drug-likeness (QED) is 0.170.